The number of carbonyl (C=O) groups is 3. The van der Waals surface area contributed by atoms with Gasteiger partial charge in [0.1, 0.15) is 6.04 Å². The standard InChI is InChI=1S/C19H30N2O5S/c1-6-26-16(25)12-11-15(24)21(9-10-22)13(14(23)20-17(2,3)4)19(11)8-7-18(12,5)27-19/h11-13,22H,6-10H2,1-5H3,(H,20,23)/t11-,12-,13?,18+,19?/m0/s1. The molecule has 2 N–H and O–H groups in total. The summed E-state index contributed by atoms with van der Waals surface area (Å²) in [6.07, 6.45) is 1.46. The van der Waals surface area contributed by atoms with Crippen molar-refractivity contribution in [1.82, 2.24) is 10.2 Å². The summed E-state index contributed by atoms with van der Waals surface area (Å²) in [5, 5.41) is 12.5. The molecular weight excluding hydrogens is 368 g/mol. The van der Waals surface area contributed by atoms with Crippen LogP contribution in [-0.4, -0.2) is 68.6 Å². The van der Waals surface area contributed by atoms with Gasteiger partial charge in [0.2, 0.25) is 11.8 Å². The molecule has 2 bridgehead atoms. The number of ether oxygens (including phenoxy) is 1. The molecule has 3 saturated heterocycles. The zero-order chi connectivity index (χ0) is 20.2. The smallest absolute Gasteiger partial charge is 0.311 e. The predicted octanol–water partition coefficient (Wildman–Crippen LogP) is 0.938. The Morgan fingerprint density at radius 1 is 1.37 bits per heavy atom. The molecule has 2 unspecified atom stereocenters. The molecule has 0 aromatic carbocycles. The molecule has 5 atom stereocenters. The summed E-state index contributed by atoms with van der Waals surface area (Å²) >= 11 is 1.60. The van der Waals surface area contributed by atoms with Crippen molar-refractivity contribution in [1.29, 1.82) is 0 Å². The van der Waals surface area contributed by atoms with Crippen molar-refractivity contribution in [3.63, 3.8) is 0 Å². The van der Waals surface area contributed by atoms with E-state index in [0.717, 1.165) is 6.42 Å². The lowest BCUT2D eigenvalue weighted by molar-refractivity contribution is -0.155. The number of nitrogens with one attached hydrogen (secondary N) is 1. The quantitative estimate of drug-likeness (QED) is 0.669. The van der Waals surface area contributed by atoms with E-state index in [1.165, 1.54) is 4.90 Å². The van der Waals surface area contributed by atoms with Gasteiger partial charge in [-0.2, -0.15) is 0 Å². The van der Waals surface area contributed by atoms with Gasteiger partial charge in [0.25, 0.3) is 0 Å². The topological polar surface area (TPSA) is 95.9 Å². The number of carbonyl (C=O) groups excluding carboxylic acids is 3. The lowest BCUT2D eigenvalue weighted by Crippen LogP contribution is -2.57. The summed E-state index contributed by atoms with van der Waals surface area (Å²) in [6, 6.07) is -0.687. The number of hydrogen-bond donors (Lipinski definition) is 2. The SMILES string of the molecule is CCOC(=O)[C@@H]1[C@H]2C(=O)N(CCO)C(C(=O)NC(C)(C)C)C23CC[C@@]1(C)S3. The fourth-order valence-electron chi connectivity index (χ4n) is 5.10. The van der Waals surface area contributed by atoms with Gasteiger partial charge < -0.3 is 20.1 Å². The zero-order valence-electron chi connectivity index (χ0n) is 16.7. The third-order valence-corrected chi connectivity index (χ3v) is 7.89. The zero-order valence-corrected chi connectivity index (χ0v) is 17.5. The second-order valence-electron chi connectivity index (χ2n) is 8.97. The largest absolute Gasteiger partial charge is 0.466 e. The average molecular weight is 399 g/mol. The molecule has 152 valence electrons. The maximum atomic E-state index is 13.3. The van der Waals surface area contributed by atoms with Gasteiger partial charge in [0, 0.05) is 16.8 Å². The molecule has 27 heavy (non-hydrogen) atoms. The van der Waals surface area contributed by atoms with Crippen molar-refractivity contribution in [2.75, 3.05) is 19.8 Å². The van der Waals surface area contributed by atoms with E-state index in [1.54, 1.807) is 18.7 Å². The summed E-state index contributed by atoms with van der Waals surface area (Å²) in [6.45, 7) is 9.59. The number of β-amino-alcohol motifs (C(OH)–C–C–N with tert-alkyl or cyclic N) is 1. The van der Waals surface area contributed by atoms with Crippen LogP contribution in [0.4, 0.5) is 0 Å². The van der Waals surface area contributed by atoms with Crippen LogP contribution in [0, 0.1) is 11.8 Å². The van der Waals surface area contributed by atoms with E-state index in [-0.39, 0.29) is 37.5 Å². The first-order valence-electron chi connectivity index (χ1n) is 9.61. The van der Waals surface area contributed by atoms with E-state index < -0.39 is 32.9 Å². The van der Waals surface area contributed by atoms with Crippen molar-refractivity contribution in [2.45, 2.75) is 68.5 Å². The maximum Gasteiger partial charge on any atom is 0.311 e. The van der Waals surface area contributed by atoms with Crippen LogP contribution in [0.5, 0.6) is 0 Å². The average Bonchev–Trinajstić information content (AvgIpc) is 3.08. The number of nitrogens with zero attached hydrogens (tertiary/aromatic N) is 1. The summed E-state index contributed by atoms with van der Waals surface area (Å²) < 4.78 is 4.25. The molecule has 3 fully saturated rings. The summed E-state index contributed by atoms with van der Waals surface area (Å²) in [4.78, 5) is 40.7. The molecule has 0 radical (unpaired) electrons. The van der Waals surface area contributed by atoms with Crippen LogP contribution in [0.1, 0.15) is 47.5 Å². The summed E-state index contributed by atoms with van der Waals surface area (Å²) in [5.74, 6) is -1.92. The van der Waals surface area contributed by atoms with Crippen molar-refractivity contribution in [3.8, 4) is 0 Å². The number of esters is 1. The molecule has 3 heterocycles. The first-order valence-corrected chi connectivity index (χ1v) is 10.4. The minimum Gasteiger partial charge on any atom is -0.466 e. The Labute approximate surface area is 164 Å². The first-order chi connectivity index (χ1) is 12.5. The van der Waals surface area contributed by atoms with Crippen LogP contribution < -0.4 is 5.32 Å². The van der Waals surface area contributed by atoms with E-state index in [0.29, 0.717) is 6.42 Å². The van der Waals surface area contributed by atoms with Gasteiger partial charge in [-0.25, -0.2) is 0 Å². The Bertz CT molecular complexity index is 663. The molecule has 8 heteroatoms. The molecule has 2 amide bonds. The van der Waals surface area contributed by atoms with Crippen LogP contribution in [0.3, 0.4) is 0 Å². The number of likely N-dealkylation sites (tertiary alicyclic amines) is 1. The molecule has 3 aliphatic heterocycles. The Kier molecular flexibility index (Phi) is 5.04. The minimum atomic E-state index is -0.687. The normalized spacial score (nSPS) is 37.5. The Morgan fingerprint density at radius 2 is 2.04 bits per heavy atom. The molecule has 0 aromatic heterocycles. The summed E-state index contributed by atoms with van der Waals surface area (Å²) in [7, 11) is 0. The van der Waals surface area contributed by atoms with Gasteiger partial charge >= 0.3 is 5.97 Å². The lowest BCUT2D eigenvalue weighted by atomic mass is 9.66. The van der Waals surface area contributed by atoms with E-state index >= 15 is 0 Å². The maximum absolute atomic E-state index is 13.3. The third kappa shape index (κ3) is 3.05. The van der Waals surface area contributed by atoms with Crippen molar-refractivity contribution in [3.05, 3.63) is 0 Å². The van der Waals surface area contributed by atoms with Crippen LogP contribution in [-0.2, 0) is 19.1 Å². The van der Waals surface area contributed by atoms with Crippen LogP contribution in [0.15, 0.2) is 0 Å². The molecule has 0 saturated carbocycles. The highest BCUT2D eigenvalue weighted by Crippen LogP contribution is 2.71. The highest BCUT2D eigenvalue weighted by atomic mass is 32.2. The molecule has 0 aliphatic carbocycles. The molecule has 0 aromatic rings. The fourth-order valence-corrected chi connectivity index (χ4v) is 7.45. The minimum absolute atomic E-state index is 0.0894. The number of rotatable bonds is 5. The van der Waals surface area contributed by atoms with E-state index in [9.17, 15) is 19.5 Å². The lowest BCUT2D eigenvalue weighted by Gasteiger charge is -2.35. The number of aliphatic hydroxyl groups excluding tert-OH is 1. The second-order valence-corrected chi connectivity index (χ2v) is 10.9. The monoisotopic (exact) mass is 398 g/mol. The van der Waals surface area contributed by atoms with Crippen molar-refractivity contribution in [2.24, 2.45) is 11.8 Å². The first kappa shape index (κ1) is 20.5. The van der Waals surface area contributed by atoms with Gasteiger partial charge in [-0.05, 0) is 47.5 Å². The van der Waals surface area contributed by atoms with Crippen molar-refractivity contribution >= 4 is 29.5 Å². The van der Waals surface area contributed by atoms with Gasteiger partial charge in [-0.1, -0.05) is 0 Å². The van der Waals surface area contributed by atoms with E-state index in [1.807, 2.05) is 27.7 Å². The number of fused-ring (bicyclic) bond motifs is 1. The highest BCUT2D eigenvalue weighted by molar-refractivity contribution is 8.02. The molecule has 1 spiro atoms. The summed E-state index contributed by atoms with van der Waals surface area (Å²) in [5.41, 5.74) is -0.439. The van der Waals surface area contributed by atoms with Crippen LogP contribution >= 0.6 is 11.8 Å². The second kappa shape index (κ2) is 6.65. The van der Waals surface area contributed by atoms with E-state index in [2.05, 4.69) is 5.32 Å². The van der Waals surface area contributed by atoms with E-state index in [4.69, 9.17) is 4.74 Å². The predicted molar refractivity (Wildman–Crippen MR) is 102 cm³/mol. The Hall–Kier alpha value is -1.28. The van der Waals surface area contributed by atoms with Gasteiger partial charge in [-0.3, -0.25) is 14.4 Å². The molecule has 3 aliphatic rings. The number of thioether (sulfide) groups is 1. The van der Waals surface area contributed by atoms with Crippen molar-refractivity contribution < 1.29 is 24.2 Å². The van der Waals surface area contributed by atoms with Crippen LogP contribution in [0.25, 0.3) is 0 Å². The Morgan fingerprint density at radius 3 is 2.59 bits per heavy atom. The van der Waals surface area contributed by atoms with Gasteiger partial charge in [-0.15, -0.1) is 11.8 Å². The van der Waals surface area contributed by atoms with Gasteiger partial charge in [0.05, 0.1) is 29.8 Å². The molecule has 7 nitrogen and oxygen atoms in total. The van der Waals surface area contributed by atoms with Crippen LogP contribution in [0.2, 0.25) is 0 Å². The molecular formula is C19H30N2O5S. The number of amides is 2. The number of hydrogen-bond acceptors (Lipinski definition) is 6. The third-order valence-electron chi connectivity index (χ3n) is 5.90. The van der Waals surface area contributed by atoms with Gasteiger partial charge in [0.15, 0.2) is 0 Å². The highest BCUT2D eigenvalue weighted by Gasteiger charge is 2.77. The fraction of sp³-hybridized carbons (Fsp3) is 0.842. The Balaban J connectivity index is 2.04. The molecule has 3 rings (SSSR count). The number of aliphatic hydroxyl groups is 1.